The average Bonchev–Trinajstić information content (AvgIpc) is 3.19. The van der Waals surface area contributed by atoms with Gasteiger partial charge in [-0.05, 0) is 73.7 Å². The van der Waals surface area contributed by atoms with E-state index in [4.69, 9.17) is 11.6 Å². The number of nitrogens with one attached hydrogen (secondary N) is 2. The Labute approximate surface area is 179 Å². The van der Waals surface area contributed by atoms with Crippen LogP contribution in [-0.4, -0.2) is 14.3 Å². The molecular formula is C21H21ClN2O3S2. The van der Waals surface area contributed by atoms with E-state index >= 15 is 0 Å². The van der Waals surface area contributed by atoms with E-state index in [1.807, 2.05) is 44.4 Å². The molecule has 2 aromatic carbocycles. The minimum atomic E-state index is -3.87. The summed E-state index contributed by atoms with van der Waals surface area (Å²) in [5.41, 5.74) is 2.61. The summed E-state index contributed by atoms with van der Waals surface area (Å²) in [6, 6.07) is 13.0. The quantitative estimate of drug-likeness (QED) is 0.536. The second-order valence-electron chi connectivity index (χ2n) is 6.76. The Morgan fingerprint density at radius 2 is 1.83 bits per heavy atom. The van der Waals surface area contributed by atoms with Crippen molar-refractivity contribution in [2.24, 2.45) is 0 Å². The Balaban J connectivity index is 1.85. The normalized spacial score (nSPS) is 12.4. The highest BCUT2D eigenvalue weighted by atomic mass is 35.5. The maximum Gasteiger partial charge on any atom is 0.261 e. The molecule has 2 N–H and O–H groups in total. The number of anilines is 1. The van der Waals surface area contributed by atoms with Gasteiger partial charge in [0.15, 0.2) is 0 Å². The van der Waals surface area contributed by atoms with E-state index in [0.29, 0.717) is 5.69 Å². The molecule has 0 saturated carbocycles. The molecule has 0 aliphatic carbocycles. The molecule has 0 fully saturated rings. The van der Waals surface area contributed by atoms with Crippen molar-refractivity contribution in [2.45, 2.75) is 31.7 Å². The van der Waals surface area contributed by atoms with E-state index in [0.717, 1.165) is 16.0 Å². The van der Waals surface area contributed by atoms with Crippen LogP contribution in [0.4, 0.5) is 5.69 Å². The summed E-state index contributed by atoms with van der Waals surface area (Å²) in [7, 11) is -3.87. The molecule has 0 aliphatic rings. The van der Waals surface area contributed by atoms with Gasteiger partial charge in [0, 0.05) is 10.6 Å². The number of benzene rings is 2. The highest BCUT2D eigenvalue weighted by Crippen LogP contribution is 2.25. The van der Waals surface area contributed by atoms with Crippen LogP contribution < -0.4 is 10.0 Å². The molecular weight excluding hydrogens is 428 g/mol. The molecule has 5 nitrogen and oxygen atoms in total. The van der Waals surface area contributed by atoms with Gasteiger partial charge in [0.1, 0.15) is 0 Å². The van der Waals surface area contributed by atoms with Crippen LogP contribution >= 0.6 is 22.9 Å². The minimum Gasteiger partial charge on any atom is -0.345 e. The highest BCUT2D eigenvalue weighted by Gasteiger charge is 2.20. The number of amides is 1. The highest BCUT2D eigenvalue weighted by molar-refractivity contribution is 7.92. The third-order valence-electron chi connectivity index (χ3n) is 4.57. The van der Waals surface area contributed by atoms with Crippen LogP contribution in [0, 0.1) is 13.8 Å². The number of hydrogen-bond donors (Lipinski definition) is 2. The fourth-order valence-electron chi connectivity index (χ4n) is 2.75. The van der Waals surface area contributed by atoms with Crippen molar-refractivity contribution in [3.8, 4) is 0 Å². The van der Waals surface area contributed by atoms with Crippen molar-refractivity contribution in [1.82, 2.24) is 5.32 Å². The van der Waals surface area contributed by atoms with E-state index in [1.54, 1.807) is 12.1 Å². The van der Waals surface area contributed by atoms with Crippen molar-refractivity contribution in [2.75, 3.05) is 4.72 Å². The summed E-state index contributed by atoms with van der Waals surface area (Å²) >= 11 is 7.70. The van der Waals surface area contributed by atoms with Crippen LogP contribution in [0.2, 0.25) is 5.02 Å². The van der Waals surface area contributed by atoms with Crippen molar-refractivity contribution in [3.05, 3.63) is 80.5 Å². The number of rotatable bonds is 6. The number of sulfonamides is 1. The summed E-state index contributed by atoms with van der Waals surface area (Å²) in [4.78, 5) is 13.6. The fraction of sp³-hybridized carbons (Fsp3) is 0.190. The molecule has 0 saturated heterocycles. The Bertz CT molecular complexity index is 1140. The summed E-state index contributed by atoms with van der Waals surface area (Å²) in [5.74, 6) is -0.431. The average molecular weight is 449 g/mol. The minimum absolute atomic E-state index is 0.0333. The van der Waals surface area contributed by atoms with Gasteiger partial charge < -0.3 is 5.32 Å². The second kappa shape index (κ2) is 8.57. The molecule has 3 aromatic rings. The van der Waals surface area contributed by atoms with E-state index < -0.39 is 15.9 Å². The van der Waals surface area contributed by atoms with Gasteiger partial charge in [-0.2, -0.15) is 0 Å². The first-order valence-electron chi connectivity index (χ1n) is 8.91. The predicted octanol–water partition coefficient (Wildman–Crippen LogP) is 5.31. The van der Waals surface area contributed by atoms with E-state index in [2.05, 4.69) is 10.0 Å². The third-order valence-corrected chi connectivity index (χ3v) is 7.33. The van der Waals surface area contributed by atoms with Crippen LogP contribution in [-0.2, 0) is 10.0 Å². The molecule has 1 aromatic heterocycles. The Morgan fingerprint density at radius 1 is 1.07 bits per heavy atom. The number of carbonyl (C=O) groups excluding carboxylic acids is 1. The summed E-state index contributed by atoms with van der Waals surface area (Å²) in [6.07, 6.45) is 0. The smallest absolute Gasteiger partial charge is 0.261 e. The third kappa shape index (κ3) is 4.98. The zero-order chi connectivity index (χ0) is 21.2. The maximum atomic E-state index is 12.8. The Hall–Kier alpha value is -2.35. The standard InChI is InChI=1S/C21H21ClN2O3S2/c1-13-6-7-16(11-14(13)2)24-29(26,27)17-8-9-19(22)18(12-17)21(25)23-15(3)20-5-4-10-28-20/h4-12,15,24H,1-3H3,(H,23,25). The largest absolute Gasteiger partial charge is 0.345 e. The van der Waals surface area contributed by atoms with Gasteiger partial charge in [-0.3, -0.25) is 9.52 Å². The summed E-state index contributed by atoms with van der Waals surface area (Å²) in [6.45, 7) is 5.72. The van der Waals surface area contributed by atoms with Crippen molar-refractivity contribution < 1.29 is 13.2 Å². The van der Waals surface area contributed by atoms with Gasteiger partial charge in [-0.25, -0.2) is 8.42 Å². The Kier molecular flexibility index (Phi) is 6.31. The van der Waals surface area contributed by atoms with Gasteiger partial charge in [0.05, 0.1) is 21.5 Å². The molecule has 0 bridgehead atoms. The first-order valence-corrected chi connectivity index (χ1v) is 11.7. The Morgan fingerprint density at radius 3 is 2.48 bits per heavy atom. The predicted molar refractivity (Wildman–Crippen MR) is 118 cm³/mol. The molecule has 29 heavy (non-hydrogen) atoms. The SMILES string of the molecule is Cc1ccc(NS(=O)(=O)c2ccc(Cl)c(C(=O)NC(C)c3cccs3)c2)cc1C. The van der Waals surface area contributed by atoms with E-state index in [9.17, 15) is 13.2 Å². The topological polar surface area (TPSA) is 75.3 Å². The number of aryl methyl sites for hydroxylation is 2. The van der Waals surface area contributed by atoms with Crippen molar-refractivity contribution in [1.29, 1.82) is 0 Å². The number of carbonyl (C=O) groups is 1. The summed E-state index contributed by atoms with van der Waals surface area (Å²) < 4.78 is 28.2. The van der Waals surface area contributed by atoms with Crippen LogP contribution in [0.1, 0.15) is 39.3 Å². The van der Waals surface area contributed by atoms with Gasteiger partial charge in [0.2, 0.25) is 0 Å². The molecule has 1 heterocycles. The molecule has 0 aliphatic heterocycles. The van der Waals surface area contributed by atoms with Gasteiger partial charge in [-0.15, -0.1) is 11.3 Å². The fourth-order valence-corrected chi connectivity index (χ4v) is 4.76. The molecule has 3 rings (SSSR count). The lowest BCUT2D eigenvalue weighted by Gasteiger charge is -2.14. The number of halogens is 1. The van der Waals surface area contributed by atoms with Gasteiger partial charge in [-0.1, -0.05) is 23.7 Å². The maximum absolute atomic E-state index is 12.8. The van der Waals surface area contributed by atoms with Gasteiger partial charge >= 0.3 is 0 Å². The van der Waals surface area contributed by atoms with E-state index in [-0.39, 0.29) is 21.5 Å². The molecule has 1 unspecified atom stereocenters. The molecule has 0 spiro atoms. The van der Waals surface area contributed by atoms with Crippen LogP contribution in [0.25, 0.3) is 0 Å². The second-order valence-corrected chi connectivity index (χ2v) is 9.83. The lowest BCUT2D eigenvalue weighted by molar-refractivity contribution is 0.0940. The monoisotopic (exact) mass is 448 g/mol. The van der Waals surface area contributed by atoms with Crippen LogP contribution in [0.5, 0.6) is 0 Å². The number of hydrogen-bond acceptors (Lipinski definition) is 4. The number of thiophene rings is 1. The van der Waals surface area contributed by atoms with Gasteiger partial charge in [0.25, 0.3) is 15.9 Å². The molecule has 8 heteroatoms. The summed E-state index contributed by atoms with van der Waals surface area (Å²) in [5, 5.41) is 4.97. The van der Waals surface area contributed by atoms with E-state index in [1.165, 1.54) is 29.5 Å². The molecule has 0 radical (unpaired) electrons. The van der Waals surface area contributed by atoms with Crippen molar-refractivity contribution in [3.63, 3.8) is 0 Å². The first kappa shape index (κ1) is 21.4. The zero-order valence-electron chi connectivity index (χ0n) is 16.2. The molecule has 152 valence electrons. The van der Waals surface area contributed by atoms with Crippen LogP contribution in [0.15, 0.2) is 58.8 Å². The lowest BCUT2D eigenvalue weighted by atomic mass is 10.1. The lowest BCUT2D eigenvalue weighted by Crippen LogP contribution is -2.26. The van der Waals surface area contributed by atoms with Crippen molar-refractivity contribution >= 4 is 44.6 Å². The van der Waals surface area contributed by atoms with Crippen LogP contribution in [0.3, 0.4) is 0 Å². The first-order chi connectivity index (χ1) is 13.7. The molecule has 1 atom stereocenters. The zero-order valence-corrected chi connectivity index (χ0v) is 18.6. The molecule has 1 amide bonds.